The number of carbonyl (C=O) groups is 3. The summed E-state index contributed by atoms with van der Waals surface area (Å²) in [5.41, 5.74) is 0.701. The van der Waals surface area contributed by atoms with Crippen LogP contribution >= 0.6 is 0 Å². The maximum atomic E-state index is 12.1. The second kappa shape index (κ2) is 11.0. The molecule has 0 aromatic rings. The van der Waals surface area contributed by atoms with Crippen LogP contribution in [0.5, 0.6) is 0 Å². The largest absolute Gasteiger partial charge is 0.469 e. The number of aliphatic hydroxyl groups excluding tert-OH is 2. The van der Waals surface area contributed by atoms with E-state index in [4.69, 9.17) is 0 Å². The maximum absolute atomic E-state index is 12.1. The van der Waals surface area contributed by atoms with E-state index in [9.17, 15) is 24.6 Å². The average molecular weight is 357 g/mol. The summed E-state index contributed by atoms with van der Waals surface area (Å²) in [6.07, 6.45) is 0.474. The normalized spacial score (nSPS) is 17.8. The minimum atomic E-state index is -1.20. The van der Waals surface area contributed by atoms with Gasteiger partial charge in [-0.25, -0.2) is 0 Å². The van der Waals surface area contributed by atoms with Crippen LogP contribution in [0.1, 0.15) is 41.0 Å². The fourth-order valence-electron chi connectivity index (χ4n) is 2.43. The first-order valence-corrected chi connectivity index (χ1v) is 8.49. The van der Waals surface area contributed by atoms with Gasteiger partial charge in [-0.3, -0.25) is 14.4 Å². The molecule has 0 radical (unpaired) electrons. The molecule has 1 amide bonds. The molecular formula is C18H31NO6. The van der Waals surface area contributed by atoms with E-state index in [0.29, 0.717) is 5.57 Å². The molecule has 3 N–H and O–H groups in total. The van der Waals surface area contributed by atoms with Crippen molar-refractivity contribution in [1.82, 2.24) is 5.32 Å². The molecule has 0 heterocycles. The van der Waals surface area contributed by atoms with Gasteiger partial charge in [-0.1, -0.05) is 26.8 Å². The van der Waals surface area contributed by atoms with Crippen LogP contribution in [-0.4, -0.2) is 53.7 Å². The quantitative estimate of drug-likeness (QED) is 0.394. The molecule has 5 atom stereocenters. The van der Waals surface area contributed by atoms with E-state index in [-0.39, 0.29) is 6.54 Å². The van der Waals surface area contributed by atoms with Crippen molar-refractivity contribution in [3.8, 4) is 0 Å². The van der Waals surface area contributed by atoms with Gasteiger partial charge in [0.1, 0.15) is 0 Å². The predicted molar refractivity (Wildman–Crippen MR) is 93.6 cm³/mol. The van der Waals surface area contributed by atoms with E-state index in [1.807, 2.05) is 13.0 Å². The summed E-state index contributed by atoms with van der Waals surface area (Å²) in [7, 11) is 1.21. The maximum Gasteiger partial charge on any atom is 0.311 e. The lowest BCUT2D eigenvalue weighted by Gasteiger charge is -2.23. The number of aliphatic hydroxyl groups is 2. The Morgan fingerprint density at radius 1 is 1.08 bits per heavy atom. The zero-order valence-electron chi connectivity index (χ0n) is 15.9. The van der Waals surface area contributed by atoms with Gasteiger partial charge in [-0.2, -0.15) is 0 Å². The third-order valence-electron chi connectivity index (χ3n) is 4.42. The summed E-state index contributed by atoms with van der Waals surface area (Å²) >= 11 is 0. The molecule has 0 saturated heterocycles. The number of ether oxygens (including phenoxy) is 1. The van der Waals surface area contributed by atoms with Crippen molar-refractivity contribution < 1.29 is 29.3 Å². The van der Waals surface area contributed by atoms with E-state index >= 15 is 0 Å². The van der Waals surface area contributed by atoms with Crippen LogP contribution in [0.25, 0.3) is 0 Å². The van der Waals surface area contributed by atoms with E-state index in [2.05, 4.69) is 10.1 Å². The molecule has 0 aliphatic heterocycles. The Balaban J connectivity index is 4.65. The highest BCUT2D eigenvalue weighted by Gasteiger charge is 2.32. The highest BCUT2D eigenvalue weighted by atomic mass is 16.5. The molecule has 144 valence electrons. The van der Waals surface area contributed by atoms with Crippen LogP contribution in [0.15, 0.2) is 11.6 Å². The van der Waals surface area contributed by atoms with E-state index < -0.39 is 47.6 Å². The number of hydrogen-bond acceptors (Lipinski definition) is 6. The summed E-state index contributed by atoms with van der Waals surface area (Å²) in [6, 6.07) is 0. The van der Waals surface area contributed by atoms with Crippen LogP contribution < -0.4 is 5.32 Å². The van der Waals surface area contributed by atoms with Crippen LogP contribution in [0, 0.1) is 17.8 Å². The van der Waals surface area contributed by atoms with Crippen LogP contribution in [-0.2, 0) is 19.1 Å². The van der Waals surface area contributed by atoms with Crippen molar-refractivity contribution >= 4 is 17.7 Å². The summed E-state index contributed by atoms with van der Waals surface area (Å²) < 4.78 is 4.55. The molecule has 0 bridgehead atoms. The molecule has 0 aromatic carbocycles. The molecule has 0 spiro atoms. The van der Waals surface area contributed by atoms with Crippen LogP contribution in [0.3, 0.4) is 0 Å². The van der Waals surface area contributed by atoms with Crippen LogP contribution in [0.4, 0.5) is 0 Å². The lowest BCUT2D eigenvalue weighted by atomic mass is 9.90. The molecule has 0 fully saturated rings. The van der Waals surface area contributed by atoms with E-state index in [1.165, 1.54) is 21.0 Å². The van der Waals surface area contributed by atoms with Gasteiger partial charge in [-0.05, 0) is 25.8 Å². The van der Waals surface area contributed by atoms with Gasteiger partial charge >= 0.3 is 5.97 Å². The minimum absolute atomic E-state index is 0.279. The molecule has 0 saturated carbocycles. The predicted octanol–water partition coefficient (Wildman–Crippen LogP) is 0.831. The van der Waals surface area contributed by atoms with Gasteiger partial charge in [0.2, 0.25) is 5.91 Å². The smallest absolute Gasteiger partial charge is 0.311 e. The Kier molecular flexibility index (Phi) is 10.2. The topological polar surface area (TPSA) is 113 Å². The van der Waals surface area contributed by atoms with Gasteiger partial charge in [0.15, 0.2) is 5.78 Å². The van der Waals surface area contributed by atoms with Gasteiger partial charge in [-0.15, -0.1) is 0 Å². The van der Waals surface area contributed by atoms with Crippen molar-refractivity contribution in [2.24, 2.45) is 17.8 Å². The van der Waals surface area contributed by atoms with E-state index in [0.717, 1.165) is 6.42 Å². The fourth-order valence-corrected chi connectivity index (χ4v) is 2.43. The minimum Gasteiger partial charge on any atom is -0.469 e. The zero-order chi connectivity index (χ0) is 19.7. The number of allylic oxidation sites excluding steroid dienone is 1. The molecule has 0 rings (SSSR count). The second-order valence-corrected chi connectivity index (χ2v) is 6.37. The lowest BCUT2D eigenvalue weighted by Crippen LogP contribution is -2.43. The lowest BCUT2D eigenvalue weighted by molar-refractivity contribution is -0.150. The zero-order valence-corrected chi connectivity index (χ0v) is 15.9. The Hall–Kier alpha value is -1.73. The molecule has 7 nitrogen and oxygen atoms in total. The van der Waals surface area contributed by atoms with Crippen molar-refractivity contribution in [3.05, 3.63) is 11.6 Å². The standard InChI is InChI=1S/C18H31NO6/c1-7-8-10(2)15(21)12(4)17(23)19-9-14(20)11(3)16(22)13(5)18(24)25-6/h8,11-13,15-16,21-22H,7,9H2,1-6H3,(H,19,23)/b10-8+. The number of amides is 1. The number of hydrogen-bond donors (Lipinski definition) is 3. The van der Waals surface area contributed by atoms with Crippen molar-refractivity contribution in [1.29, 1.82) is 0 Å². The summed E-state index contributed by atoms with van der Waals surface area (Å²) in [4.78, 5) is 35.7. The monoisotopic (exact) mass is 357 g/mol. The number of rotatable bonds is 10. The Morgan fingerprint density at radius 2 is 1.64 bits per heavy atom. The average Bonchev–Trinajstić information content (AvgIpc) is 2.61. The highest BCUT2D eigenvalue weighted by Crippen LogP contribution is 2.16. The van der Waals surface area contributed by atoms with Gasteiger partial charge in [0, 0.05) is 5.92 Å². The number of methoxy groups -OCH3 is 1. The van der Waals surface area contributed by atoms with E-state index in [1.54, 1.807) is 13.8 Å². The Labute approximate surface area is 149 Å². The van der Waals surface area contributed by atoms with Crippen molar-refractivity contribution in [2.75, 3.05) is 13.7 Å². The second-order valence-electron chi connectivity index (χ2n) is 6.37. The molecule has 7 heteroatoms. The van der Waals surface area contributed by atoms with Crippen LogP contribution in [0.2, 0.25) is 0 Å². The Bertz CT molecular complexity index is 502. The molecule has 5 unspecified atom stereocenters. The summed E-state index contributed by atoms with van der Waals surface area (Å²) in [5.74, 6) is -3.85. The number of Topliss-reactive ketones (excluding diaryl/α,β-unsaturated/α-hetero) is 1. The first-order chi connectivity index (χ1) is 11.6. The molecular weight excluding hydrogens is 326 g/mol. The molecule has 0 aliphatic carbocycles. The molecule has 25 heavy (non-hydrogen) atoms. The third-order valence-corrected chi connectivity index (χ3v) is 4.42. The fraction of sp³-hybridized carbons (Fsp3) is 0.722. The summed E-state index contributed by atoms with van der Waals surface area (Å²) in [6.45, 7) is 7.94. The summed E-state index contributed by atoms with van der Waals surface area (Å²) in [5, 5.41) is 22.7. The number of carbonyl (C=O) groups excluding carboxylic acids is 3. The molecule has 0 aromatic heterocycles. The Morgan fingerprint density at radius 3 is 2.12 bits per heavy atom. The molecule has 0 aliphatic rings. The third kappa shape index (κ3) is 6.96. The SMILES string of the molecule is CC/C=C(\C)C(O)C(C)C(=O)NCC(=O)C(C)C(O)C(C)C(=O)OC. The number of ketones is 1. The van der Waals surface area contributed by atoms with Crippen molar-refractivity contribution in [2.45, 2.75) is 53.2 Å². The first-order valence-electron chi connectivity index (χ1n) is 8.49. The van der Waals surface area contributed by atoms with Gasteiger partial charge < -0.3 is 20.3 Å². The first kappa shape index (κ1) is 23.3. The van der Waals surface area contributed by atoms with Gasteiger partial charge in [0.25, 0.3) is 0 Å². The highest BCUT2D eigenvalue weighted by molar-refractivity contribution is 5.89. The number of esters is 1. The van der Waals surface area contributed by atoms with Crippen molar-refractivity contribution in [3.63, 3.8) is 0 Å². The van der Waals surface area contributed by atoms with Gasteiger partial charge in [0.05, 0.1) is 37.7 Å². The number of nitrogens with one attached hydrogen (secondary N) is 1.